The first-order chi connectivity index (χ1) is 16.9. The molecule has 2 N–H and O–H groups in total. The highest BCUT2D eigenvalue weighted by molar-refractivity contribution is 6.30. The van der Waals surface area contributed by atoms with Crippen LogP contribution in [-0.2, 0) is 9.53 Å². The highest BCUT2D eigenvalue weighted by atomic mass is 16.5. The Balaban J connectivity index is 1.30. The third kappa shape index (κ3) is 4.33. The van der Waals surface area contributed by atoms with Crippen LogP contribution < -0.4 is 10.6 Å². The van der Waals surface area contributed by atoms with Gasteiger partial charge in [-0.15, -0.1) is 0 Å². The van der Waals surface area contributed by atoms with Gasteiger partial charge in [-0.1, -0.05) is 48.5 Å². The number of hydrogen-bond acceptors (Lipinski definition) is 6. The molecule has 0 aromatic heterocycles. The molecule has 0 atom stereocenters. The third-order valence-corrected chi connectivity index (χ3v) is 5.87. The predicted octanol–water partition coefficient (Wildman–Crippen LogP) is 3.15. The van der Waals surface area contributed by atoms with Gasteiger partial charge in [0.1, 0.15) is 0 Å². The maximum Gasteiger partial charge on any atom is 0.339 e. The number of carbonyl (C=O) groups excluding carboxylic acids is 5. The largest absolute Gasteiger partial charge is 0.452 e. The maximum atomic E-state index is 13.1. The standard InChI is InChI=1S/C27H20N2O6/c30-22(29-21-11-4-3-8-18(21)26(33)28-15-12-13-15)14-35-27(34)20-10-5-9-19-23(20)25(32)17-7-2-1-6-16(17)24(19)31/h1-11,15H,12-14H2,(H,28,33)(H,29,30). The van der Waals surface area contributed by atoms with Crippen molar-refractivity contribution in [3.63, 3.8) is 0 Å². The van der Waals surface area contributed by atoms with Gasteiger partial charge in [0, 0.05) is 28.3 Å². The lowest BCUT2D eigenvalue weighted by molar-refractivity contribution is -0.119. The van der Waals surface area contributed by atoms with Gasteiger partial charge in [0.25, 0.3) is 11.8 Å². The Morgan fingerprint density at radius 2 is 1.40 bits per heavy atom. The molecule has 3 aromatic rings. The van der Waals surface area contributed by atoms with E-state index in [2.05, 4.69) is 10.6 Å². The number of esters is 1. The average molecular weight is 468 g/mol. The van der Waals surface area contributed by atoms with Gasteiger partial charge in [0.05, 0.1) is 16.8 Å². The van der Waals surface area contributed by atoms with E-state index in [9.17, 15) is 24.0 Å². The fraction of sp³-hybridized carbons (Fsp3) is 0.148. The van der Waals surface area contributed by atoms with Crippen molar-refractivity contribution in [1.29, 1.82) is 0 Å². The summed E-state index contributed by atoms with van der Waals surface area (Å²) < 4.78 is 5.16. The van der Waals surface area contributed by atoms with Gasteiger partial charge in [0.2, 0.25) is 0 Å². The van der Waals surface area contributed by atoms with Crippen LogP contribution in [-0.4, -0.2) is 42.0 Å². The summed E-state index contributed by atoms with van der Waals surface area (Å²) in [6.07, 6.45) is 1.86. The second-order valence-corrected chi connectivity index (χ2v) is 8.35. The number of anilines is 1. The highest BCUT2D eigenvalue weighted by Gasteiger charge is 2.33. The fourth-order valence-corrected chi connectivity index (χ4v) is 3.99. The summed E-state index contributed by atoms with van der Waals surface area (Å²) in [6, 6.07) is 17.5. The zero-order chi connectivity index (χ0) is 24.5. The molecule has 5 rings (SSSR count). The monoisotopic (exact) mass is 468 g/mol. The molecule has 8 heteroatoms. The highest BCUT2D eigenvalue weighted by Crippen LogP contribution is 2.30. The van der Waals surface area contributed by atoms with Crippen LogP contribution in [0, 0.1) is 0 Å². The number of ether oxygens (including phenoxy) is 1. The van der Waals surface area contributed by atoms with Gasteiger partial charge in [-0.3, -0.25) is 19.2 Å². The van der Waals surface area contributed by atoms with Crippen molar-refractivity contribution >= 4 is 35.0 Å². The quantitative estimate of drug-likeness (QED) is 0.420. The molecule has 0 aliphatic heterocycles. The van der Waals surface area contributed by atoms with E-state index in [1.54, 1.807) is 42.5 Å². The molecule has 2 amide bonds. The van der Waals surface area contributed by atoms with Gasteiger partial charge in [-0.25, -0.2) is 4.79 Å². The van der Waals surface area contributed by atoms with Crippen LogP contribution in [0.2, 0.25) is 0 Å². The minimum Gasteiger partial charge on any atom is -0.452 e. The minimum absolute atomic E-state index is 0.0382. The third-order valence-electron chi connectivity index (χ3n) is 5.87. The number of nitrogens with one attached hydrogen (secondary N) is 2. The second kappa shape index (κ2) is 8.98. The number of rotatable bonds is 6. The van der Waals surface area contributed by atoms with Crippen molar-refractivity contribution in [2.24, 2.45) is 0 Å². The number of para-hydroxylation sites is 1. The molecule has 0 saturated heterocycles. The Labute approximate surface area is 200 Å². The molecule has 0 unspecified atom stereocenters. The van der Waals surface area contributed by atoms with Crippen molar-refractivity contribution in [2.45, 2.75) is 18.9 Å². The maximum absolute atomic E-state index is 13.1. The Hall–Kier alpha value is -4.59. The molecule has 0 radical (unpaired) electrons. The van der Waals surface area contributed by atoms with Crippen LogP contribution in [0.25, 0.3) is 0 Å². The van der Waals surface area contributed by atoms with Gasteiger partial charge >= 0.3 is 5.97 Å². The van der Waals surface area contributed by atoms with Crippen LogP contribution in [0.5, 0.6) is 0 Å². The lowest BCUT2D eigenvalue weighted by atomic mass is 9.82. The molecule has 8 nitrogen and oxygen atoms in total. The van der Waals surface area contributed by atoms with Crippen molar-refractivity contribution in [3.8, 4) is 0 Å². The van der Waals surface area contributed by atoms with E-state index in [0.717, 1.165) is 12.8 Å². The van der Waals surface area contributed by atoms with Crippen LogP contribution in [0.3, 0.4) is 0 Å². The number of hydrogen-bond donors (Lipinski definition) is 2. The fourth-order valence-electron chi connectivity index (χ4n) is 3.99. The molecular formula is C27H20N2O6. The first-order valence-corrected chi connectivity index (χ1v) is 11.1. The number of amides is 2. The summed E-state index contributed by atoms with van der Waals surface area (Å²) in [6.45, 7) is -0.639. The molecule has 0 heterocycles. The Kier molecular flexibility index (Phi) is 5.70. The summed E-state index contributed by atoms with van der Waals surface area (Å²) >= 11 is 0. The van der Waals surface area contributed by atoms with E-state index in [1.165, 1.54) is 24.3 Å². The summed E-state index contributed by atoms with van der Waals surface area (Å²) in [5, 5.41) is 5.45. The van der Waals surface area contributed by atoms with Gasteiger partial charge in [0.15, 0.2) is 18.2 Å². The van der Waals surface area contributed by atoms with E-state index in [4.69, 9.17) is 4.74 Å². The van der Waals surface area contributed by atoms with Crippen LogP contribution in [0.15, 0.2) is 66.7 Å². The van der Waals surface area contributed by atoms with Crippen LogP contribution in [0.1, 0.15) is 65.4 Å². The summed E-state index contributed by atoms with van der Waals surface area (Å²) in [5.41, 5.74) is 1.07. The Morgan fingerprint density at radius 1 is 0.771 bits per heavy atom. The molecule has 35 heavy (non-hydrogen) atoms. The predicted molar refractivity (Wildman–Crippen MR) is 126 cm³/mol. The lowest BCUT2D eigenvalue weighted by Gasteiger charge is -2.19. The normalized spacial score (nSPS) is 13.9. The average Bonchev–Trinajstić information content (AvgIpc) is 3.69. The molecule has 1 fully saturated rings. The van der Waals surface area contributed by atoms with Gasteiger partial charge < -0.3 is 15.4 Å². The van der Waals surface area contributed by atoms with E-state index in [0.29, 0.717) is 11.3 Å². The van der Waals surface area contributed by atoms with Crippen molar-refractivity contribution in [1.82, 2.24) is 5.32 Å². The molecular weight excluding hydrogens is 448 g/mol. The zero-order valence-electron chi connectivity index (χ0n) is 18.5. The SMILES string of the molecule is O=C(COC(=O)c1cccc2c1C(=O)c1ccccc1C2=O)Nc1ccccc1C(=O)NC1CC1. The molecule has 0 spiro atoms. The molecule has 0 bridgehead atoms. The molecule has 2 aliphatic carbocycles. The van der Waals surface area contributed by atoms with E-state index < -0.39 is 24.3 Å². The summed E-state index contributed by atoms with van der Waals surface area (Å²) in [4.78, 5) is 63.6. The van der Waals surface area contributed by atoms with Gasteiger partial charge in [-0.2, -0.15) is 0 Å². The molecule has 174 valence electrons. The van der Waals surface area contributed by atoms with E-state index in [-0.39, 0.29) is 45.5 Å². The molecule has 2 aliphatic rings. The number of ketones is 2. The van der Waals surface area contributed by atoms with E-state index in [1.807, 2.05) is 0 Å². The number of fused-ring (bicyclic) bond motifs is 2. The summed E-state index contributed by atoms with van der Waals surface area (Å²) in [7, 11) is 0. The lowest BCUT2D eigenvalue weighted by Crippen LogP contribution is -2.28. The smallest absolute Gasteiger partial charge is 0.339 e. The number of benzene rings is 3. The first kappa shape index (κ1) is 22.2. The van der Waals surface area contributed by atoms with Crippen LogP contribution in [0.4, 0.5) is 5.69 Å². The van der Waals surface area contributed by atoms with Gasteiger partial charge in [-0.05, 0) is 31.0 Å². The van der Waals surface area contributed by atoms with Crippen LogP contribution >= 0.6 is 0 Å². The Bertz CT molecular complexity index is 1410. The molecule has 1 saturated carbocycles. The van der Waals surface area contributed by atoms with Crippen molar-refractivity contribution < 1.29 is 28.7 Å². The zero-order valence-corrected chi connectivity index (χ0v) is 18.5. The first-order valence-electron chi connectivity index (χ1n) is 11.1. The molecule has 3 aromatic carbocycles. The van der Waals surface area contributed by atoms with Crippen molar-refractivity contribution in [2.75, 3.05) is 11.9 Å². The van der Waals surface area contributed by atoms with E-state index >= 15 is 0 Å². The summed E-state index contributed by atoms with van der Waals surface area (Å²) in [5.74, 6) is -2.66. The Morgan fingerprint density at radius 3 is 2.14 bits per heavy atom. The topological polar surface area (TPSA) is 119 Å². The number of carbonyl (C=O) groups is 5. The van der Waals surface area contributed by atoms with Crippen molar-refractivity contribution in [3.05, 3.63) is 100 Å². The minimum atomic E-state index is -0.905. The second-order valence-electron chi connectivity index (χ2n) is 8.35.